The van der Waals surface area contributed by atoms with Gasteiger partial charge in [-0.2, -0.15) is 5.10 Å². The zero-order chi connectivity index (χ0) is 12.4. The van der Waals surface area contributed by atoms with Crippen LogP contribution in [0.5, 0.6) is 0 Å². The Balaban J connectivity index is 2.00. The van der Waals surface area contributed by atoms with Crippen molar-refractivity contribution >= 4 is 22.4 Å². The summed E-state index contributed by atoms with van der Waals surface area (Å²) in [7, 11) is 0. The highest BCUT2D eigenvalue weighted by Crippen LogP contribution is 2.14. The molecule has 0 unspecified atom stereocenters. The van der Waals surface area contributed by atoms with E-state index in [9.17, 15) is 4.79 Å². The summed E-state index contributed by atoms with van der Waals surface area (Å²) in [5.41, 5.74) is 2.81. The van der Waals surface area contributed by atoms with Crippen molar-refractivity contribution in [3.8, 4) is 0 Å². The van der Waals surface area contributed by atoms with Gasteiger partial charge >= 0.3 is 0 Å². The lowest BCUT2D eigenvalue weighted by atomic mass is 10.4. The Bertz CT molecular complexity index is 543. The van der Waals surface area contributed by atoms with E-state index in [4.69, 9.17) is 0 Å². The summed E-state index contributed by atoms with van der Waals surface area (Å²) < 4.78 is 1.69. The number of thiazole rings is 1. The fourth-order valence-electron chi connectivity index (χ4n) is 1.54. The summed E-state index contributed by atoms with van der Waals surface area (Å²) in [5.74, 6) is -0.106. The first-order valence-electron chi connectivity index (χ1n) is 5.27. The minimum Gasteiger partial charge on any atom is -0.300 e. The summed E-state index contributed by atoms with van der Waals surface area (Å²) in [6, 6.07) is 1.95. The third-order valence-corrected chi connectivity index (χ3v) is 3.14. The molecule has 0 saturated carbocycles. The molecule has 2 rings (SSSR count). The highest BCUT2D eigenvalue weighted by Gasteiger charge is 2.08. The van der Waals surface area contributed by atoms with E-state index in [0.29, 0.717) is 5.13 Å². The monoisotopic (exact) mass is 250 g/mol. The Kier molecular flexibility index (Phi) is 3.23. The van der Waals surface area contributed by atoms with Gasteiger partial charge in [-0.1, -0.05) is 0 Å². The summed E-state index contributed by atoms with van der Waals surface area (Å²) in [5, 5.41) is 9.53. The van der Waals surface area contributed by atoms with Gasteiger partial charge in [0.05, 0.1) is 11.4 Å². The number of aryl methyl sites for hydroxylation is 3. The first-order valence-corrected chi connectivity index (χ1v) is 6.15. The first-order chi connectivity index (χ1) is 8.04. The van der Waals surface area contributed by atoms with Crippen LogP contribution in [-0.2, 0) is 11.3 Å². The maximum Gasteiger partial charge on any atom is 0.247 e. The lowest BCUT2D eigenvalue weighted by Gasteiger charge is -2.03. The van der Waals surface area contributed by atoms with Gasteiger partial charge in [0.25, 0.3) is 0 Å². The van der Waals surface area contributed by atoms with E-state index in [1.807, 2.05) is 32.2 Å². The van der Waals surface area contributed by atoms with Gasteiger partial charge < -0.3 is 5.32 Å². The van der Waals surface area contributed by atoms with Crippen LogP contribution in [0.25, 0.3) is 0 Å². The molecule has 6 heteroatoms. The molecule has 0 atom stereocenters. The van der Waals surface area contributed by atoms with Gasteiger partial charge in [-0.05, 0) is 26.8 Å². The van der Waals surface area contributed by atoms with E-state index in [-0.39, 0.29) is 12.5 Å². The van der Waals surface area contributed by atoms with Crippen molar-refractivity contribution in [2.24, 2.45) is 0 Å². The number of nitrogens with one attached hydrogen (secondary N) is 1. The van der Waals surface area contributed by atoms with Crippen molar-refractivity contribution in [1.29, 1.82) is 0 Å². The Morgan fingerprint density at radius 3 is 2.71 bits per heavy atom. The molecule has 2 heterocycles. The molecule has 0 saturated heterocycles. The summed E-state index contributed by atoms with van der Waals surface area (Å²) in [6.07, 6.45) is 0. The summed E-state index contributed by atoms with van der Waals surface area (Å²) >= 11 is 1.43. The molecule has 0 spiro atoms. The van der Waals surface area contributed by atoms with Gasteiger partial charge in [0.2, 0.25) is 5.91 Å². The van der Waals surface area contributed by atoms with Crippen molar-refractivity contribution in [2.75, 3.05) is 5.32 Å². The molecule has 2 aromatic heterocycles. The van der Waals surface area contributed by atoms with E-state index in [2.05, 4.69) is 15.4 Å². The molecule has 1 N–H and O–H groups in total. The molecular weight excluding hydrogens is 236 g/mol. The largest absolute Gasteiger partial charge is 0.300 e. The summed E-state index contributed by atoms with van der Waals surface area (Å²) in [4.78, 5) is 15.9. The molecule has 17 heavy (non-hydrogen) atoms. The van der Waals surface area contributed by atoms with Crippen molar-refractivity contribution < 1.29 is 4.79 Å². The van der Waals surface area contributed by atoms with Gasteiger partial charge in [0.15, 0.2) is 5.13 Å². The zero-order valence-electron chi connectivity index (χ0n) is 10.0. The van der Waals surface area contributed by atoms with E-state index < -0.39 is 0 Å². The lowest BCUT2D eigenvalue weighted by molar-refractivity contribution is -0.116. The number of aromatic nitrogens is 3. The molecule has 90 valence electrons. The third-order valence-electron chi connectivity index (χ3n) is 2.26. The van der Waals surface area contributed by atoms with Crippen LogP contribution in [0.2, 0.25) is 0 Å². The average Bonchev–Trinajstić information content (AvgIpc) is 2.74. The number of rotatable bonds is 3. The molecular formula is C11H14N4OS. The van der Waals surface area contributed by atoms with Crippen molar-refractivity contribution in [3.63, 3.8) is 0 Å². The van der Waals surface area contributed by atoms with Gasteiger partial charge in [0, 0.05) is 11.1 Å². The number of nitrogens with zero attached hydrogens (tertiary/aromatic N) is 3. The molecule has 0 aliphatic carbocycles. The van der Waals surface area contributed by atoms with Crippen LogP contribution >= 0.6 is 11.3 Å². The second-order valence-corrected chi connectivity index (χ2v) is 4.79. The average molecular weight is 250 g/mol. The normalized spacial score (nSPS) is 10.5. The van der Waals surface area contributed by atoms with Gasteiger partial charge in [0.1, 0.15) is 6.54 Å². The van der Waals surface area contributed by atoms with Crippen LogP contribution in [0.4, 0.5) is 5.13 Å². The Hall–Kier alpha value is -1.69. The fourth-order valence-corrected chi connectivity index (χ4v) is 2.25. The van der Waals surface area contributed by atoms with Crippen molar-refractivity contribution in [3.05, 3.63) is 28.5 Å². The van der Waals surface area contributed by atoms with Gasteiger partial charge in [-0.15, -0.1) is 11.3 Å². The van der Waals surface area contributed by atoms with E-state index >= 15 is 0 Å². The molecule has 0 aliphatic rings. The van der Waals surface area contributed by atoms with Crippen molar-refractivity contribution in [2.45, 2.75) is 27.3 Å². The quantitative estimate of drug-likeness (QED) is 0.905. The van der Waals surface area contributed by atoms with Crippen LogP contribution in [0.3, 0.4) is 0 Å². The minimum atomic E-state index is -0.106. The van der Waals surface area contributed by atoms with E-state index in [1.165, 1.54) is 11.3 Å². The van der Waals surface area contributed by atoms with Crippen LogP contribution in [0, 0.1) is 20.8 Å². The third kappa shape index (κ3) is 2.91. The number of carbonyl (C=O) groups is 1. The molecule has 0 fully saturated rings. The van der Waals surface area contributed by atoms with Crippen LogP contribution < -0.4 is 5.32 Å². The molecule has 0 aliphatic heterocycles. The smallest absolute Gasteiger partial charge is 0.247 e. The van der Waals surface area contributed by atoms with Gasteiger partial charge in [-0.25, -0.2) is 4.98 Å². The number of hydrogen-bond donors (Lipinski definition) is 1. The highest BCUT2D eigenvalue weighted by molar-refractivity contribution is 7.13. The van der Waals surface area contributed by atoms with E-state index in [0.717, 1.165) is 17.1 Å². The predicted octanol–water partition coefficient (Wildman–Crippen LogP) is 1.90. The standard InChI is InChI=1S/C11H14N4OS/c1-7-4-9(3)15(14-7)5-10(16)13-11-12-8(2)6-17-11/h4,6H,5H2,1-3H3,(H,12,13,16). The van der Waals surface area contributed by atoms with Crippen molar-refractivity contribution in [1.82, 2.24) is 14.8 Å². The highest BCUT2D eigenvalue weighted by atomic mass is 32.1. The second kappa shape index (κ2) is 4.67. The van der Waals surface area contributed by atoms with Crippen LogP contribution in [0.1, 0.15) is 17.1 Å². The molecule has 0 radical (unpaired) electrons. The summed E-state index contributed by atoms with van der Waals surface area (Å²) in [6.45, 7) is 5.96. The maximum absolute atomic E-state index is 11.7. The Morgan fingerprint density at radius 2 is 2.18 bits per heavy atom. The molecule has 2 aromatic rings. The predicted molar refractivity (Wildman–Crippen MR) is 67.2 cm³/mol. The molecule has 0 bridgehead atoms. The number of anilines is 1. The van der Waals surface area contributed by atoms with Crippen LogP contribution in [-0.4, -0.2) is 20.7 Å². The fraction of sp³-hybridized carbons (Fsp3) is 0.364. The molecule has 0 aromatic carbocycles. The minimum absolute atomic E-state index is 0.106. The maximum atomic E-state index is 11.7. The Morgan fingerprint density at radius 1 is 1.41 bits per heavy atom. The van der Waals surface area contributed by atoms with Crippen LogP contribution in [0.15, 0.2) is 11.4 Å². The lowest BCUT2D eigenvalue weighted by Crippen LogP contribution is -2.20. The van der Waals surface area contributed by atoms with E-state index in [1.54, 1.807) is 4.68 Å². The topological polar surface area (TPSA) is 59.8 Å². The number of hydrogen-bond acceptors (Lipinski definition) is 4. The molecule has 5 nitrogen and oxygen atoms in total. The first kappa shape index (κ1) is 11.8. The number of amides is 1. The Labute approximate surface area is 103 Å². The zero-order valence-corrected chi connectivity index (χ0v) is 10.8. The second-order valence-electron chi connectivity index (χ2n) is 3.93. The van der Waals surface area contributed by atoms with Gasteiger partial charge in [-0.3, -0.25) is 9.48 Å². The SMILES string of the molecule is Cc1csc(NC(=O)Cn2nc(C)cc2C)n1. The number of carbonyl (C=O) groups excluding carboxylic acids is 1. The molecule has 1 amide bonds.